The van der Waals surface area contributed by atoms with Gasteiger partial charge in [-0.3, -0.25) is 4.79 Å². The van der Waals surface area contributed by atoms with Gasteiger partial charge < -0.3 is 10.2 Å². The molecule has 4 aliphatic rings. The summed E-state index contributed by atoms with van der Waals surface area (Å²) in [7, 11) is 0. The molecule has 4 fully saturated rings. The first kappa shape index (κ1) is 15.7. The van der Waals surface area contributed by atoms with Crippen molar-refractivity contribution in [2.24, 2.45) is 28.1 Å². The SMILES string of the molecule is C=C1C[C@@]23CC[C@@H]4C(C)(C(=O)O)CCCC4(C)[C@@H]2CC[C@]1(O)C3. The van der Waals surface area contributed by atoms with E-state index in [0.29, 0.717) is 5.92 Å². The van der Waals surface area contributed by atoms with E-state index in [4.69, 9.17) is 0 Å². The maximum atomic E-state index is 12.0. The van der Waals surface area contributed by atoms with Gasteiger partial charge in [-0.15, -0.1) is 0 Å². The van der Waals surface area contributed by atoms with Gasteiger partial charge in [0.15, 0.2) is 0 Å². The standard InChI is InChI=1S/C20H30O3/c1-13-11-19-9-5-14-17(2,7-4-8-18(14,3)16(21)22)15(19)6-10-20(13,23)12-19/h14-15,23H,1,4-12H2,2-3H3,(H,21,22)/t14-,15-,17?,18?,19+,20-/m0/s1. The first-order valence-corrected chi connectivity index (χ1v) is 9.30. The second-order valence-corrected chi connectivity index (χ2v) is 9.62. The van der Waals surface area contributed by atoms with Gasteiger partial charge in [0.05, 0.1) is 11.0 Å². The van der Waals surface area contributed by atoms with Crippen LogP contribution in [-0.4, -0.2) is 21.8 Å². The third kappa shape index (κ3) is 1.78. The molecular formula is C20H30O3. The van der Waals surface area contributed by atoms with Crippen LogP contribution in [0.2, 0.25) is 0 Å². The van der Waals surface area contributed by atoms with Crippen molar-refractivity contribution in [3.8, 4) is 0 Å². The minimum atomic E-state index is -0.634. The van der Waals surface area contributed by atoms with Gasteiger partial charge in [0.1, 0.15) is 0 Å². The molecule has 23 heavy (non-hydrogen) atoms. The van der Waals surface area contributed by atoms with Gasteiger partial charge in [-0.2, -0.15) is 0 Å². The van der Waals surface area contributed by atoms with Crippen molar-refractivity contribution in [3.05, 3.63) is 12.2 Å². The van der Waals surface area contributed by atoms with Gasteiger partial charge in [0.25, 0.3) is 0 Å². The predicted molar refractivity (Wildman–Crippen MR) is 88.9 cm³/mol. The third-order valence-electron chi connectivity index (χ3n) is 8.65. The summed E-state index contributed by atoms with van der Waals surface area (Å²) in [5.41, 5.74) is 0.128. The molecule has 3 nitrogen and oxygen atoms in total. The van der Waals surface area contributed by atoms with Crippen molar-refractivity contribution in [1.29, 1.82) is 0 Å². The van der Waals surface area contributed by atoms with Crippen molar-refractivity contribution in [3.63, 3.8) is 0 Å². The van der Waals surface area contributed by atoms with E-state index in [1.165, 1.54) is 0 Å². The highest BCUT2D eigenvalue weighted by molar-refractivity contribution is 5.75. The monoisotopic (exact) mass is 318 g/mol. The molecule has 4 aliphatic carbocycles. The fourth-order valence-electron chi connectivity index (χ4n) is 7.61. The summed E-state index contributed by atoms with van der Waals surface area (Å²) < 4.78 is 0. The number of aliphatic carboxylic acids is 1. The van der Waals surface area contributed by atoms with Crippen molar-refractivity contribution in [2.45, 2.75) is 77.2 Å². The molecule has 4 saturated carbocycles. The Kier molecular flexibility index (Phi) is 3.01. The number of hydrogen-bond acceptors (Lipinski definition) is 2. The Morgan fingerprint density at radius 3 is 2.52 bits per heavy atom. The van der Waals surface area contributed by atoms with Crippen LogP contribution in [0.4, 0.5) is 0 Å². The summed E-state index contributed by atoms with van der Waals surface area (Å²) in [6, 6.07) is 0. The summed E-state index contributed by atoms with van der Waals surface area (Å²) in [4.78, 5) is 12.0. The van der Waals surface area contributed by atoms with Gasteiger partial charge in [-0.25, -0.2) is 0 Å². The number of hydrogen-bond donors (Lipinski definition) is 2. The van der Waals surface area contributed by atoms with Crippen LogP contribution in [0.5, 0.6) is 0 Å². The Hall–Kier alpha value is -0.830. The average molecular weight is 318 g/mol. The zero-order valence-corrected chi connectivity index (χ0v) is 14.5. The van der Waals surface area contributed by atoms with E-state index in [9.17, 15) is 15.0 Å². The minimum absolute atomic E-state index is 0.107. The Bertz CT molecular complexity index is 583. The number of rotatable bonds is 1. The fraction of sp³-hybridized carbons (Fsp3) is 0.850. The quantitative estimate of drug-likeness (QED) is 0.714. The van der Waals surface area contributed by atoms with E-state index in [2.05, 4.69) is 13.5 Å². The molecule has 0 saturated heterocycles. The van der Waals surface area contributed by atoms with E-state index in [-0.39, 0.29) is 16.7 Å². The first-order valence-electron chi connectivity index (χ1n) is 9.30. The average Bonchev–Trinajstić information content (AvgIpc) is 2.63. The molecule has 0 amide bonds. The highest BCUT2D eigenvalue weighted by Gasteiger charge is 2.67. The van der Waals surface area contributed by atoms with Gasteiger partial charge in [0.2, 0.25) is 0 Å². The molecule has 0 radical (unpaired) electrons. The maximum Gasteiger partial charge on any atom is 0.309 e. The van der Waals surface area contributed by atoms with Crippen LogP contribution in [0.1, 0.15) is 71.6 Å². The second kappa shape index (κ2) is 4.41. The summed E-state index contributed by atoms with van der Waals surface area (Å²) in [5, 5.41) is 20.8. The van der Waals surface area contributed by atoms with E-state index in [1.54, 1.807) is 0 Å². The normalized spacial score (nSPS) is 55.2. The number of carboxylic acids is 1. The smallest absolute Gasteiger partial charge is 0.309 e. The summed E-state index contributed by atoms with van der Waals surface area (Å²) in [6.07, 6.45) is 8.75. The second-order valence-electron chi connectivity index (χ2n) is 9.62. The van der Waals surface area contributed by atoms with Crippen molar-refractivity contribution < 1.29 is 15.0 Å². The van der Waals surface area contributed by atoms with Crippen LogP contribution in [0, 0.1) is 28.1 Å². The molecule has 3 heteroatoms. The topological polar surface area (TPSA) is 57.5 Å². The largest absolute Gasteiger partial charge is 0.481 e. The molecule has 0 aromatic heterocycles. The zero-order valence-electron chi connectivity index (χ0n) is 14.5. The predicted octanol–water partition coefficient (Wildman–Crippen LogP) is 4.16. The first-order chi connectivity index (χ1) is 10.7. The lowest BCUT2D eigenvalue weighted by Crippen LogP contribution is -2.59. The van der Waals surface area contributed by atoms with Gasteiger partial charge in [0, 0.05) is 0 Å². The number of carbonyl (C=O) groups is 1. The Morgan fingerprint density at radius 1 is 1.13 bits per heavy atom. The number of carboxylic acid groups (broad SMARTS) is 1. The molecule has 6 atom stereocenters. The van der Waals surface area contributed by atoms with Crippen LogP contribution >= 0.6 is 0 Å². The van der Waals surface area contributed by atoms with E-state index >= 15 is 0 Å². The van der Waals surface area contributed by atoms with Crippen molar-refractivity contribution in [1.82, 2.24) is 0 Å². The van der Waals surface area contributed by atoms with E-state index in [1.807, 2.05) is 6.92 Å². The number of fused-ring (bicyclic) bond motifs is 3. The lowest BCUT2D eigenvalue weighted by Gasteiger charge is -2.63. The van der Waals surface area contributed by atoms with Crippen LogP contribution < -0.4 is 0 Å². The zero-order chi connectivity index (χ0) is 16.7. The third-order valence-corrected chi connectivity index (χ3v) is 8.65. The molecule has 4 rings (SSSR count). The lowest BCUT2D eigenvalue weighted by molar-refractivity contribution is -0.186. The van der Waals surface area contributed by atoms with Gasteiger partial charge in [-0.1, -0.05) is 19.9 Å². The van der Waals surface area contributed by atoms with Gasteiger partial charge in [-0.05, 0) is 86.5 Å². The van der Waals surface area contributed by atoms with Crippen molar-refractivity contribution >= 4 is 5.97 Å². The minimum Gasteiger partial charge on any atom is -0.481 e. The maximum absolute atomic E-state index is 12.0. The van der Waals surface area contributed by atoms with E-state index < -0.39 is 17.0 Å². The number of aliphatic hydroxyl groups is 1. The lowest BCUT2D eigenvalue weighted by atomic mass is 9.41. The Morgan fingerprint density at radius 2 is 1.83 bits per heavy atom. The molecule has 0 aliphatic heterocycles. The highest BCUT2D eigenvalue weighted by atomic mass is 16.4. The molecular weight excluding hydrogens is 288 g/mol. The fourth-order valence-corrected chi connectivity index (χ4v) is 7.61. The summed E-state index contributed by atoms with van der Waals surface area (Å²) >= 11 is 0. The summed E-state index contributed by atoms with van der Waals surface area (Å²) in [6.45, 7) is 8.55. The van der Waals surface area contributed by atoms with Crippen LogP contribution in [0.3, 0.4) is 0 Å². The molecule has 0 aromatic rings. The van der Waals surface area contributed by atoms with Crippen LogP contribution in [0.15, 0.2) is 12.2 Å². The highest BCUT2D eigenvalue weighted by Crippen LogP contribution is 2.72. The molecule has 0 aromatic carbocycles. The molecule has 128 valence electrons. The molecule has 1 spiro atoms. The molecule has 0 heterocycles. The van der Waals surface area contributed by atoms with Crippen LogP contribution in [-0.2, 0) is 4.79 Å². The van der Waals surface area contributed by atoms with Crippen LogP contribution in [0.25, 0.3) is 0 Å². The van der Waals surface area contributed by atoms with E-state index in [0.717, 1.165) is 63.4 Å². The van der Waals surface area contributed by atoms with Crippen molar-refractivity contribution in [2.75, 3.05) is 0 Å². The Balaban J connectivity index is 1.76. The Labute approximate surface area is 139 Å². The summed E-state index contributed by atoms with van der Waals surface area (Å²) in [5.74, 6) is 0.219. The molecule has 2 N–H and O–H groups in total. The van der Waals surface area contributed by atoms with Gasteiger partial charge >= 0.3 is 5.97 Å². The molecule has 2 bridgehead atoms. The molecule has 2 unspecified atom stereocenters.